The Morgan fingerprint density at radius 2 is 2.10 bits per heavy atom. The van der Waals surface area contributed by atoms with Crippen LogP contribution in [-0.4, -0.2) is 23.2 Å². The van der Waals surface area contributed by atoms with Crippen LogP contribution in [0.5, 0.6) is 0 Å². The van der Waals surface area contributed by atoms with Crippen molar-refractivity contribution >= 4 is 16.6 Å². The molecular formula is C17H21N3O. The summed E-state index contributed by atoms with van der Waals surface area (Å²) >= 11 is 0. The number of aromatic nitrogens is 1. The van der Waals surface area contributed by atoms with Crippen LogP contribution in [0.25, 0.3) is 10.9 Å². The lowest BCUT2D eigenvalue weighted by molar-refractivity contribution is 0.248. The van der Waals surface area contributed by atoms with Gasteiger partial charge >= 0.3 is 0 Å². The van der Waals surface area contributed by atoms with E-state index in [4.69, 9.17) is 5.11 Å². The molecule has 0 aliphatic carbocycles. The number of fused-ring (bicyclic) bond motifs is 1. The first kappa shape index (κ1) is 15.3. The van der Waals surface area contributed by atoms with Gasteiger partial charge in [0.25, 0.3) is 0 Å². The molecule has 0 aliphatic heterocycles. The Hall–Kier alpha value is -2.12. The van der Waals surface area contributed by atoms with Crippen LogP contribution in [0.3, 0.4) is 0 Å². The molecule has 4 heteroatoms. The average molecular weight is 283 g/mol. The number of anilines is 1. The van der Waals surface area contributed by atoms with E-state index in [1.54, 1.807) is 6.20 Å². The predicted molar refractivity (Wildman–Crippen MR) is 85.0 cm³/mol. The van der Waals surface area contributed by atoms with E-state index in [9.17, 15) is 5.26 Å². The van der Waals surface area contributed by atoms with Crippen LogP contribution in [-0.2, 0) is 0 Å². The molecule has 2 N–H and O–H groups in total. The molecule has 0 spiro atoms. The molecule has 0 unspecified atom stereocenters. The topological polar surface area (TPSA) is 68.9 Å². The molecule has 0 amide bonds. The van der Waals surface area contributed by atoms with Crippen LogP contribution in [0.2, 0.25) is 0 Å². The number of para-hydroxylation sites is 1. The van der Waals surface area contributed by atoms with Crippen molar-refractivity contribution in [3.8, 4) is 6.07 Å². The number of nitrogens with zero attached hydrogens (tertiary/aromatic N) is 2. The minimum absolute atomic E-state index is 0.0554. The third kappa shape index (κ3) is 3.71. The van der Waals surface area contributed by atoms with E-state index in [1.165, 1.54) is 0 Å². The zero-order valence-corrected chi connectivity index (χ0v) is 12.6. The van der Waals surface area contributed by atoms with Crippen LogP contribution in [0.1, 0.15) is 32.3 Å². The van der Waals surface area contributed by atoms with Gasteiger partial charge in [-0.05, 0) is 24.3 Å². The Labute approximate surface area is 125 Å². The van der Waals surface area contributed by atoms with Gasteiger partial charge in [0.1, 0.15) is 6.07 Å². The SMILES string of the molecule is CC(C)(CCCO)CNc1c(C#N)cnc2ccccc12. The quantitative estimate of drug-likeness (QED) is 0.853. The van der Waals surface area contributed by atoms with Gasteiger partial charge in [-0.1, -0.05) is 32.0 Å². The third-order valence-corrected chi connectivity index (χ3v) is 3.65. The number of nitriles is 1. The molecule has 1 aromatic heterocycles. The fourth-order valence-electron chi connectivity index (χ4n) is 2.39. The molecule has 110 valence electrons. The Morgan fingerprint density at radius 3 is 2.81 bits per heavy atom. The number of aliphatic hydroxyl groups excluding tert-OH is 1. The van der Waals surface area contributed by atoms with Crippen molar-refractivity contribution < 1.29 is 5.11 Å². The standard InChI is InChI=1S/C17H21N3O/c1-17(2,8-5-9-21)12-20-16-13(10-18)11-19-15-7-4-3-6-14(15)16/h3-4,6-7,11,21H,5,8-9,12H2,1-2H3,(H,19,20). The summed E-state index contributed by atoms with van der Waals surface area (Å²) in [5, 5.41) is 22.6. The largest absolute Gasteiger partial charge is 0.396 e. The fraction of sp³-hybridized carbons (Fsp3) is 0.412. The lowest BCUT2D eigenvalue weighted by Crippen LogP contribution is -2.24. The van der Waals surface area contributed by atoms with E-state index in [2.05, 4.69) is 30.2 Å². The van der Waals surface area contributed by atoms with E-state index in [0.717, 1.165) is 36.0 Å². The summed E-state index contributed by atoms with van der Waals surface area (Å²) < 4.78 is 0. The number of pyridine rings is 1. The molecule has 0 saturated heterocycles. The molecular weight excluding hydrogens is 262 g/mol. The van der Waals surface area contributed by atoms with Gasteiger partial charge in [-0.25, -0.2) is 0 Å². The zero-order chi connectivity index (χ0) is 15.3. The Morgan fingerprint density at radius 1 is 1.33 bits per heavy atom. The van der Waals surface area contributed by atoms with Gasteiger partial charge in [0, 0.05) is 24.7 Å². The van der Waals surface area contributed by atoms with Gasteiger partial charge < -0.3 is 10.4 Å². The van der Waals surface area contributed by atoms with Crippen LogP contribution < -0.4 is 5.32 Å². The fourth-order valence-corrected chi connectivity index (χ4v) is 2.39. The first-order valence-electron chi connectivity index (χ1n) is 7.20. The van der Waals surface area contributed by atoms with Crippen LogP contribution in [0.15, 0.2) is 30.5 Å². The Balaban J connectivity index is 2.27. The average Bonchev–Trinajstić information content (AvgIpc) is 2.50. The minimum Gasteiger partial charge on any atom is -0.396 e. The second kappa shape index (κ2) is 6.55. The first-order chi connectivity index (χ1) is 10.1. The molecule has 1 aromatic carbocycles. The second-order valence-electron chi connectivity index (χ2n) is 6.02. The number of hydrogen-bond acceptors (Lipinski definition) is 4. The number of benzene rings is 1. The van der Waals surface area contributed by atoms with E-state index in [1.807, 2.05) is 24.3 Å². The highest BCUT2D eigenvalue weighted by Crippen LogP contribution is 2.28. The molecule has 0 fully saturated rings. The summed E-state index contributed by atoms with van der Waals surface area (Å²) in [5.41, 5.74) is 2.35. The van der Waals surface area contributed by atoms with Crippen molar-refractivity contribution in [2.75, 3.05) is 18.5 Å². The maximum absolute atomic E-state index is 9.29. The van der Waals surface area contributed by atoms with Gasteiger partial charge in [0.15, 0.2) is 0 Å². The lowest BCUT2D eigenvalue weighted by Gasteiger charge is -2.26. The monoisotopic (exact) mass is 283 g/mol. The molecule has 2 aromatic rings. The van der Waals surface area contributed by atoms with Crippen molar-refractivity contribution in [3.63, 3.8) is 0 Å². The van der Waals surface area contributed by atoms with E-state index in [-0.39, 0.29) is 12.0 Å². The van der Waals surface area contributed by atoms with Crippen molar-refractivity contribution in [2.45, 2.75) is 26.7 Å². The van der Waals surface area contributed by atoms with Crippen LogP contribution >= 0.6 is 0 Å². The van der Waals surface area contributed by atoms with Gasteiger partial charge in [0.2, 0.25) is 0 Å². The van der Waals surface area contributed by atoms with E-state index >= 15 is 0 Å². The van der Waals surface area contributed by atoms with Crippen molar-refractivity contribution in [1.82, 2.24) is 4.98 Å². The van der Waals surface area contributed by atoms with Gasteiger partial charge in [-0.2, -0.15) is 5.26 Å². The van der Waals surface area contributed by atoms with Gasteiger partial charge in [0.05, 0.1) is 16.8 Å². The van der Waals surface area contributed by atoms with Crippen LogP contribution in [0.4, 0.5) is 5.69 Å². The molecule has 2 rings (SSSR count). The summed E-state index contributed by atoms with van der Waals surface area (Å²) in [6, 6.07) is 10.0. The molecule has 0 saturated carbocycles. The first-order valence-corrected chi connectivity index (χ1v) is 7.20. The summed E-state index contributed by atoms with van der Waals surface area (Å²) in [7, 11) is 0. The number of hydrogen-bond donors (Lipinski definition) is 2. The molecule has 0 aliphatic rings. The van der Waals surface area contributed by atoms with Gasteiger partial charge in [-0.15, -0.1) is 0 Å². The lowest BCUT2D eigenvalue weighted by atomic mass is 9.87. The molecule has 0 atom stereocenters. The van der Waals surface area contributed by atoms with E-state index in [0.29, 0.717) is 5.56 Å². The van der Waals surface area contributed by atoms with Crippen molar-refractivity contribution in [3.05, 3.63) is 36.0 Å². The summed E-state index contributed by atoms with van der Waals surface area (Å²) in [6.45, 7) is 5.27. The highest BCUT2D eigenvalue weighted by molar-refractivity contribution is 5.93. The number of aliphatic hydroxyl groups is 1. The summed E-state index contributed by atoms with van der Waals surface area (Å²) in [6.07, 6.45) is 3.34. The third-order valence-electron chi connectivity index (χ3n) is 3.65. The van der Waals surface area contributed by atoms with Gasteiger partial charge in [-0.3, -0.25) is 4.98 Å². The number of rotatable bonds is 6. The summed E-state index contributed by atoms with van der Waals surface area (Å²) in [5.74, 6) is 0. The predicted octanol–water partition coefficient (Wildman–Crippen LogP) is 3.32. The van der Waals surface area contributed by atoms with Crippen LogP contribution in [0, 0.1) is 16.7 Å². The van der Waals surface area contributed by atoms with Crippen molar-refractivity contribution in [2.24, 2.45) is 5.41 Å². The summed E-state index contributed by atoms with van der Waals surface area (Å²) in [4.78, 5) is 4.31. The van der Waals surface area contributed by atoms with E-state index < -0.39 is 0 Å². The number of nitrogens with one attached hydrogen (secondary N) is 1. The molecule has 21 heavy (non-hydrogen) atoms. The second-order valence-corrected chi connectivity index (χ2v) is 6.02. The smallest absolute Gasteiger partial charge is 0.103 e. The molecule has 1 heterocycles. The Kier molecular flexibility index (Phi) is 4.77. The maximum atomic E-state index is 9.29. The van der Waals surface area contributed by atoms with Crippen molar-refractivity contribution in [1.29, 1.82) is 5.26 Å². The Bertz CT molecular complexity index is 659. The zero-order valence-electron chi connectivity index (χ0n) is 12.6. The highest BCUT2D eigenvalue weighted by Gasteiger charge is 2.18. The normalized spacial score (nSPS) is 11.3. The molecule has 0 bridgehead atoms. The highest BCUT2D eigenvalue weighted by atomic mass is 16.2. The maximum Gasteiger partial charge on any atom is 0.103 e. The molecule has 0 radical (unpaired) electrons. The minimum atomic E-state index is 0.0554. The molecule has 4 nitrogen and oxygen atoms in total.